The van der Waals surface area contributed by atoms with Gasteiger partial charge in [-0.05, 0) is 12.1 Å². The summed E-state index contributed by atoms with van der Waals surface area (Å²) in [5.41, 5.74) is -0.0938. The van der Waals surface area contributed by atoms with E-state index < -0.39 is 29.8 Å². The maximum Gasteiger partial charge on any atom is 0.234 e. The molecule has 4 heterocycles. The van der Waals surface area contributed by atoms with E-state index in [1.807, 2.05) is 18.2 Å². The van der Waals surface area contributed by atoms with Crippen LogP contribution in [0.5, 0.6) is 11.5 Å². The third-order valence-corrected chi connectivity index (χ3v) is 6.04. The molecule has 0 radical (unpaired) electrons. The number of hydrogen-bond acceptors (Lipinski definition) is 7. The van der Waals surface area contributed by atoms with Gasteiger partial charge in [-0.3, -0.25) is 9.59 Å². The van der Waals surface area contributed by atoms with Crippen LogP contribution in [-0.2, 0) is 23.8 Å². The van der Waals surface area contributed by atoms with Gasteiger partial charge in [-0.1, -0.05) is 12.2 Å². The number of amides is 2. The molecule has 9 heteroatoms. The number of rotatable bonds is 6. The normalized spacial score (nSPS) is 31.1. The van der Waals surface area contributed by atoms with Crippen LogP contribution in [0.25, 0.3) is 0 Å². The van der Waals surface area contributed by atoms with Crippen LogP contribution < -0.4 is 19.7 Å². The lowest BCUT2D eigenvalue weighted by Gasteiger charge is -2.24. The van der Waals surface area contributed by atoms with Gasteiger partial charge in [0.2, 0.25) is 18.6 Å². The smallest absolute Gasteiger partial charge is 0.234 e. The molecule has 2 bridgehead atoms. The largest absolute Gasteiger partial charge is 0.454 e. The molecule has 1 aromatic carbocycles. The van der Waals surface area contributed by atoms with Gasteiger partial charge in [0.25, 0.3) is 0 Å². The Hall–Kier alpha value is -2.62. The predicted molar refractivity (Wildman–Crippen MR) is 99.5 cm³/mol. The summed E-state index contributed by atoms with van der Waals surface area (Å²) in [6, 6.07) is 5.38. The van der Waals surface area contributed by atoms with Crippen LogP contribution in [0.15, 0.2) is 30.4 Å². The Labute approximate surface area is 167 Å². The Balaban J connectivity index is 1.38. The first-order valence-corrected chi connectivity index (χ1v) is 9.48. The molecule has 0 aromatic heterocycles. The van der Waals surface area contributed by atoms with Gasteiger partial charge in [-0.15, -0.1) is 0 Å². The zero-order valence-electron chi connectivity index (χ0n) is 16.1. The van der Waals surface area contributed by atoms with Crippen molar-refractivity contribution in [3.05, 3.63) is 30.4 Å². The van der Waals surface area contributed by atoms with E-state index in [-0.39, 0.29) is 25.2 Å². The zero-order valence-corrected chi connectivity index (χ0v) is 16.1. The van der Waals surface area contributed by atoms with Gasteiger partial charge in [0.1, 0.15) is 5.60 Å². The quantitative estimate of drug-likeness (QED) is 0.545. The first-order valence-electron chi connectivity index (χ1n) is 9.48. The van der Waals surface area contributed by atoms with Crippen LogP contribution in [0, 0.1) is 11.8 Å². The number of methoxy groups -OCH3 is 2. The maximum atomic E-state index is 13.3. The van der Waals surface area contributed by atoms with Gasteiger partial charge in [0.15, 0.2) is 17.8 Å². The van der Waals surface area contributed by atoms with Crippen LogP contribution in [0.4, 0.5) is 5.69 Å². The van der Waals surface area contributed by atoms with Crippen molar-refractivity contribution >= 4 is 17.5 Å². The number of carbonyl (C=O) groups is 2. The van der Waals surface area contributed by atoms with E-state index in [4.69, 9.17) is 23.7 Å². The van der Waals surface area contributed by atoms with Crippen molar-refractivity contribution in [1.29, 1.82) is 0 Å². The molecule has 29 heavy (non-hydrogen) atoms. The fraction of sp³-hybridized carbons (Fsp3) is 0.500. The van der Waals surface area contributed by atoms with Gasteiger partial charge >= 0.3 is 0 Å². The lowest BCUT2D eigenvalue weighted by Crippen LogP contribution is -2.46. The summed E-state index contributed by atoms with van der Waals surface area (Å²) < 4.78 is 27.1. The van der Waals surface area contributed by atoms with Crippen molar-refractivity contribution < 1.29 is 33.3 Å². The number of hydrogen-bond donors (Lipinski definition) is 1. The number of nitrogens with one attached hydrogen (secondary N) is 1. The molecule has 1 aromatic rings. The van der Waals surface area contributed by atoms with Crippen LogP contribution in [0.3, 0.4) is 0 Å². The molecule has 0 unspecified atom stereocenters. The Kier molecular flexibility index (Phi) is 4.27. The summed E-state index contributed by atoms with van der Waals surface area (Å²) in [7, 11) is 3.00. The Morgan fingerprint density at radius 2 is 2.10 bits per heavy atom. The highest BCUT2D eigenvalue weighted by Gasteiger charge is 2.67. The molecule has 1 N–H and O–H groups in total. The molecule has 5 rings (SSSR count). The first-order chi connectivity index (χ1) is 14.1. The van der Waals surface area contributed by atoms with Gasteiger partial charge in [0, 0.05) is 26.0 Å². The summed E-state index contributed by atoms with van der Waals surface area (Å²) in [5, 5.41) is 2.82. The topological polar surface area (TPSA) is 95.6 Å². The number of nitrogens with zero attached hydrogens (tertiary/aromatic N) is 1. The molecule has 4 aliphatic rings. The molecule has 4 aliphatic heterocycles. The van der Waals surface area contributed by atoms with Crippen molar-refractivity contribution in [3.8, 4) is 11.5 Å². The SMILES string of the molecule is COC(CNC(=O)[C@@H]1[C@H]2C(=O)N(c3ccc4c(c3)OCO4)C[C@@]23C=C[C@H]1O3)OC. The van der Waals surface area contributed by atoms with E-state index in [1.54, 1.807) is 17.0 Å². The molecule has 2 fully saturated rings. The van der Waals surface area contributed by atoms with Crippen molar-refractivity contribution in [3.63, 3.8) is 0 Å². The highest BCUT2D eigenvalue weighted by atomic mass is 16.7. The molecule has 1 spiro atoms. The van der Waals surface area contributed by atoms with Crippen molar-refractivity contribution in [2.75, 3.05) is 39.0 Å². The minimum Gasteiger partial charge on any atom is -0.454 e. The number of ether oxygens (including phenoxy) is 5. The minimum atomic E-state index is -0.790. The summed E-state index contributed by atoms with van der Waals surface area (Å²) in [4.78, 5) is 27.9. The predicted octanol–water partition coefficient (Wildman–Crippen LogP) is 0.437. The maximum absolute atomic E-state index is 13.3. The van der Waals surface area contributed by atoms with Gasteiger partial charge in [-0.2, -0.15) is 0 Å². The third-order valence-electron chi connectivity index (χ3n) is 6.04. The van der Waals surface area contributed by atoms with Crippen molar-refractivity contribution in [2.45, 2.75) is 18.0 Å². The van der Waals surface area contributed by atoms with E-state index in [1.165, 1.54) is 14.2 Å². The van der Waals surface area contributed by atoms with E-state index >= 15 is 0 Å². The average molecular weight is 402 g/mol. The molecule has 154 valence electrons. The third kappa shape index (κ3) is 2.72. The van der Waals surface area contributed by atoms with Gasteiger partial charge in [0.05, 0.1) is 31.0 Å². The fourth-order valence-electron chi connectivity index (χ4n) is 4.63. The first kappa shape index (κ1) is 18.4. The molecule has 2 saturated heterocycles. The van der Waals surface area contributed by atoms with Crippen LogP contribution in [0.2, 0.25) is 0 Å². The Morgan fingerprint density at radius 1 is 1.31 bits per heavy atom. The molecule has 4 atom stereocenters. The Morgan fingerprint density at radius 3 is 2.90 bits per heavy atom. The van der Waals surface area contributed by atoms with Gasteiger partial charge < -0.3 is 33.9 Å². The fourth-order valence-corrected chi connectivity index (χ4v) is 4.63. The van der Waals surface area contributed by atoms with E-state index in [9.17, 15) is 9.59 Å². The van der Waals surface area contributed by atoms with Crippen LogP contribution >= 0.6 is 0 Å². The highest BCUT2D eigenvalue weighted by molar-refractivity contribution is 6.03. The molecular weight excluding hydrogens is 380 g/mol. The molecule has 0 aliphatic carbocycles. The van der Waals surface area contributed by atoms with Crippen molar-refractivity contribution in [1.82, 2.24) is 5.32 Å². The van der Waals surface area contributed by atoms with Crippen molar-refractivity contribution in [2.24, 2.45) is 11.8 Å². The molecule has 9 nitrogen and oxygen atoms in total. The van der Waals surface area contributed by atoms with Crippen LogP contribution in [-0.4, -0.2) is 63.9 Å². The Bertz CT molecular complexity index is 884. The number of benzene rings is 1. The lowest BCUT2D eigenvalue weighted by atomic mass is 9.77. The molecule has 0 saturated carbocycles. The minimum absolute atomic E-state index is 0.133. The molecular formula is C20H22N2O7. The highest BCUT2D eigenvalue weighted by Crippen LogP contribution is 2.53. The van der Waals surface area contributed by atoms with E-state index in [0.29, 0.717) is 23.7 Å². The van der Waals surface area contributed by atoms with E-state index in [2.05, 4.69) is 5.32 Å². The summed E-state index contributed by atoms with van der Waals surface area (Å²) in [6.45, 7) is 0.712. The summed E-state index contributed by atoms with van der Waals surface area (Å²) in [6.07, 6.45) is 2.84. The average Bonchev–Trinajstić information content (AvgIpc) is 3.48. The second-order valence-corrected chi connectivity index (χ2v) is 7.51. The number of anilines is 1. The van der Waals surface area contributed by atoms with Crippen LogP contribution in [0.1, 0.15) is 0 Å². The standard InChI is InChI=1S/C20H22N2O7/c1-25-15(26-2)8-21-18(23)16-13-5-6-20(29-13)9-22(19(24)17(16)20)11-3-4-12-14(7-11)28-10-27-12/h3-7,13,15-17H,8-10H2,1-2H3,(H,21,23)/t13-,16+,17+,20+/m1/s1. The van der Waals surface area contributed by atoms with Gasteiger partial charge in [-0.25, -0.2) is 0 Å². The monoisotopic (exact) mass is 402 g/mol. The number of carbonyl (C=O) groups excluding carboxylic acids is 2. The van der Waals surface area contributed by atoms with E-state index in [0.717, 1.165) is 0 Å². The zero-order chi connectivity index (χ0) is 20.2. The number of fused-ring (bicyclic) bond motifs is 2. The lowest BCUT2D eigenvalue weighted by molar-refractivity contribution is -0.135. The second-order valence-electron chi connectivity index (χ2n) is 7.51. The summed E-state index contributed by atoms with van der Waals surface area (Å²) >= 11 is 0. The molecule has 2 amide bonds. The second kappa shape index (κ2) is 6.72. The summed E-state index contributed by atoms with van der Waals surface area (Å²) in [5.74, 6) is -0.298.